The minimum Gasteiger partial charge on any atom is -0.279 e. The van der Waals surface area contributed by atoms with Gasteiger partial charge in [0.2, 0.25) is 0 Å². The Morgan fingerprint density at radius 1 is 1.07 bits per heavy atom. The molecule has 0 saturated heterocycles. The molecular formula is C20H19N3O3S2. The molecule has 0 aliphatic heterocycles. The van der Waals surface area contributed by atoms with E-state index in [9.17, 15) is 13.2 Å². The minimum atomic E-state index is -3.61. The third kappa shape index (κ3) is 4.85. The second kappa shape index (κ2) is 8.37. The summed E-state index contributed by atoms with van der Waals surface area (Å²) in [6, 6.07) is 15.3. The van der Waals surface area contributed by atoms with Crippen LogP contribution in [0.4, 0.5) is 5.69 Å². The van der Waals surface area contributed by atoms with Gasteiger partial charge in [0.15, 0.2) is 0 Å². The highest BCUT2D eigenvalue weighted by molar-refractivity contribution is 7.94. The highest BCUT2D eigenvalue weighted by atomic mass is 32.2. The number of carbonyl (C=O) groups is 1. The molecule has 1 heterocycles. The van der Waals surface area contributed by atoms with Crippen molar-refractivity contribution in [3.05, 3.63) is 82.2 Å². The van der Waals surface area contributed by atoms with E-state index in [-0.39, 0.29) is 10.1 Å². The van der Waals surface area contributed by atoms with Gasteiger partial charge >= 0.3 is 0 Å². The Morgan fingerprint density at radius 2 is 1.82 bits per heavy atom. The van der Waals surface area contributed by atoms with E-state index in [1.165, 1.54) is 30.3 Å². The molecule has 2 N–H and O–H groups in total. The number of sulfonamides is 1. The highest BCUT2D eigenvalue weighted by Crippen LogP contribution is 2.20. The van der Waals surface area contributed by atoms with Gasteiger partial charge in [-0.1, -0.05) is 29.8 Å². The van der Waals surface area contributed by atoms with E-state index in [4.69, 9.17) is 0 Å². The van der Waals surface area contributed by atoms with Gasteiger partial charge in [0.25, 0.3) is 15.9 Å². The molecule has 0 spiro atoms. The zero-order valence-corrected chi connectivity index (χ0v) is 17.0. The quantitative estimate of drug-likeness (QED) is 0.474. The molecule has 0 aliphatic carbocycles. The number of benzene rings is 2. The summed E-state index contributed by atoms with van der Waals surface area (Å²) in [7, 11) is -3.61. The van der Waals surface area contributed by atoms with Gasteiger partial charge in [-0.3, -0.25) is 9.52 Å². The number of nitrogens with one attached hydrogen (secondary N) is 2. The monoisotopic (exact) mass is 413 g/mol. The van der Waals surface area contributed by atoms with Crippen molar-refractivity contribution in [3.8, 4) is 0 Å². The zero-order valence-electron chi connectivity index (χ0n) is 15.3. The van der Waals surface area contributed by atoms with Crippen LogP contribution in [0.1, 0.15) is 27.0 Å². The van der Waals surface area contributed by atoms with Crippen molar-refractivity contribution in [3.63, 3.8) is 0 Å². The Kier molecular flexibility index (Phi) is 5.91. The molecule has 0 saturated carbocycles. The van der Waals surface area contributed by atoms with Crippen LogP contribution in [0.3, 0.4) is 0 Å². The van der Waals surface area contributed by atoms with Crippen LogP contribution in [0, 0.1) is 13.8 Å². The standard InChI is InChI=1S/C20H19N3O3S2/c1-14-5-6-17(15(2)12-14)13-21-22-20(24)16-7-9-18(10-8-16)23-28(25,26)19-4-3-11-27-19/h3-13,23H,1-2H3,(H,22,24)/b21-13-. The average molecular weight is 414 g/mol. The maximum atomic E-state index is 12.2. The number of aryl methyl sites for hydroxylation is 2. The number of hydrazone groups is 1. The summed E-state index contributed by atoms with van der Waals surface area (Å²) < 4.78 is 27.1. The van der Waals surface area contributed by atoms with Crippen LogP contribution >= 0.6 is 11.3 Å². The van der Waals surface area contributed by atoms with Gasteiger partial charge in [-0.2, -0.15) is 5.10 Å². The van der Waals surface area contributed by atoms with Crippen molar-refractivity contribution in [2.45, 2.75) is 18.1 Å². The molecule has 0 unspecified atom stereocenters. The lowest BCUT2D eigenvalue weighted by Gasteiger charge is -2.07. The maximum absolute atomic E-state index is 12.2. The Bertz CT molecular complexity index is 1100. The molecule has 1 aromatic heterocycles. The van der Waals surface area contributed by atoms with Gasteiger partial charge in [0.1, 0.15) is 4.21 Å². The molecule has 0 atom stereocenters. The predicted molar refractivity (Wildman–Crippen MR) is 113 cm³/mol. The number of anilines is 1. The van der Waals surface area contributed by atoms with Crippen LogP contribution in [0.2, 0.25) is 0 Å². The van der Waals surface area contributed by atoms with Gasteiger partial charge < -0.3 is 0 Å². The lowest BCUT2D eigenvalue weighted by Crippen LogP contribution is -2.18. The molecule has 3 rings (SSSR count). The summed E-state index contributed by atoms with van der Waals surface area (Å²) in [5, 5.41) is 5.68. The van der Waals surface area contributed by atoms with Gasteiger partial charge in [-0.25, -0.2) is 13.8 Å². The van der Waals surface area contributed by atoms with Crippen LogP contribution in [0.5, 0.6) is 0 Å². The van der Waals surface area contributed by atoms with Crippen molar-refractivity contribution in [2.75, 3.05) is 4.72 Å². The van der Waals surface area contributed by atoms with E-state index in [2.05, 4.69) is 15.2 Å². The van der Waals surface area contributed by atoms with E-state index >= 15 is 0 Å². The molecule has 0 bridgehead atoms. The molecular weight excluding hydrogens is 394 g/mol. The largest absolute Gasteiger partial charge is 0.279 e. The van der Waals surface area contributed by atoms with Gasteiger partial charge in [0.05, 0.1) is 6.21 Å². The van der Waals surface area contributed by atoms with E-state index in [1.807, 2.05) is 32.0 Å². The normalized spacial score (nSPS) is 11.5. The van der Waals surface area contributed by atoms with E-state index in [0.29, 0.717) is 11.3 Å². The second-order valence-corrected chi connectivity index (χ2v) is 9.03. The molecule has 28 heavy (non-hydrogen) atoms. The summed E-state index contributed by atoms with van der Waals surface area (Å²) in [6.07, 6.45) is 1.59. The molecule has 8 heteroatoms. The maximum Gasteiger partial charge on any atom is 0.271 e. The highest BCUT2D eigenvalue weighted by Gasteiger charge is 2.15. The third-order valence-electron chi connectivity index (χ3n) is 3.95. The number of hydrogen-bond donors (Lipinski definition) is 2. The third-order valence-corrected chi connectivity index (χ3v) is 6.73. The molecule has 0 radical (unpaired) electrons. The summed E-state index contributed by atoms with van der Waals surface area (Å²) in [4.78, 5) is 12.2. The molecule has 2 aromatic carbocycles. The van der Waals surface area contributed by atoms with E-state index in [1.54, 1.807) is 17.7 Å². The minimum absolute atomic E-state index is 0.232. The van der Waals surface area contributed by atoms with Crippen molar-refractivity contribution in [1.82, 2.24) is 5.43 Å². The number of rotatable bonds is 6. The smallest absolute Gasteiger partial charge is 0.271 e. The van der Waals surface area contributed by atoms with Crippen molar-refractivity contribution in [1.29, 1.82) is 0 Å². The first-order valence-electron chi connectivity index (χ1n) is 8.42. The Morgan fingerprint density at radius 3 is 2.46 bits per heavy atom. The molecule has 6 nitrogen and oxygen atoms in total. The molecule has 0 fully saturated rings. The number of nitrogens with zero attached hydrogens (tertiary/aromatic N) is 1. The number of carbonyl (C=O) groups excluding carboxylic acids is 1. The molecule has 1 amide bonds. The number of amides is 1. The average Bonchev–Trinajstić information content (AvgIpc) is 3.19. The first-order chi connectivity index (χ1) is 13.3. The van der Waals surface area contributed by atoms with E-state index < -0.39 is 10.0 Å². The fourth-order valence-corrected chi connectivity index (χ4v) is 4.56. The first kappa shape index (κ1) is 19.8. The van der Waals surface area contributed by atoms with Crippen LogP contribution < -0.4 is 10.1 Å². The lowest BCUT2D eigenvalue weighted by molar-refractivity contribution is 0.0955. The van der Waals surface area contributed by atoms with Crippen LogP contribution in [-0.4, -0.2) is 20.5 Å². The summed E-state index contributed by atoms with van der Waals surface area (Å²) in [5.41, 5.74) is 6.37. The zero-order chi connectivity index (χ0) is 20.1. The van der Waals surface area contributed by atoms with Crippen molar-refractivity contribution < 1.29 is 13.2 Å². The van der Waals surface area contributed by atoms with Gasteiger partial charge in [-0.05, 0) is 60.7 Å². The SMILES string of the molecule is Cc1ccc(/C=N\NC(=O)c2ccc(NS(=O)(=O)c3cccs3)cc2)c(C)c1. The fourth-order valence-electron chi connectivity index (χ4n) is 2.51. The Balaban J connectivity index is 1.63. The Hall–Kier alpha value is -2.97. The van der Waals surface area contributed by atoms with Gasteiger partial charge in [0, 0.05) is 11.3 Å². The molecule has 3 aromatic rings. The predicted octanol–water partition coefficient (Wildman–Crippen LogP) is 3.93. The fraction of sp³-hybridized carbons (Fsp3) is 0.100. The summed E-state index contributed by atoms with van der Waals surface area (Å²) >= 11 is 1.14. The van der Waals surface area contributed by atoms with Gasteiger partial charge in [-0.15, -0.1) is 11.3 Å². The summed E-state index contributed by atoms with van der Waals surface area (Å²) in [6.45, 7) is 3.99. The first-order valence-corrected chi connectivity index (χ1v) is 10.8. The van der Waals surface area contributed by atoms with Crippen LogP contribution in [0.25, 0.3) is 0 Å². The second-order valence-electron chi connectivity index (χ2n) is 6.17. The summed E-state index contributed by atoms with van der Waals surface area (Å²) in [5.74, 6) is -0.381. The Labute approximate surface area is 168 Å². The van der Waals surface area contributed by atoms with Crippen LogP contribution in [0.15, 0.2) is 69.3 Å². The van der Waals surface area contributed by atoms with Crippen LogP contribution in [-0.2, 0) is 10.0 Å². The van der Waals surface area contributed by atoms with Crippen molar-refractivity contribution >= 4 is 39.2 Å². The molecule has 0 aliphatic rings. The number of thiophene rings is 1. The van der Waals surface area contributed by atoms with E-state index in [0.717, 1.165) is 28.0 Å². The number of hydrogen-bond acceptors (Lipinski definition) is 5. The van der Waals surface area contributed by atoms with Crippen molar-refractivity contribution in [2.24, 2.45) is 5.10 Å². The topological polar surface area (TPSA) is 87.6 Å². The lowest BCUT2D eigenvalue weighted by atomic mass is 10.1. The molecule has 144 valence electrons.